The van der Waals surface area contributed by atoms with Gasteiger partial charge in [0.05, 0.1) is 9.75 Å². The molecule has 0 aliphatic rings. The van der Waals surface area contributed by atoms with Gasteiger partial charge in [-0.15, -0.1) is 68.0 Å². The number of carbonyl (C=O) groups excluding carboxylic acids is 1. The summed E-state index contributed by atoms with van der Waals surface area (Å²) < 4.78 is 4.01. The Balaban J connectivity index is 1.61. The van der Waals surface area contributed by atoms with E-state index in [0.717, 1.165) is 4.88 Å². The fourth-order valence-corrected chi connectivity index (χ4v) is 11.8. The second-order valence-electron chi connectivity index (χ2n) is 9.42. The number of carbonyl (C=O) groups is 1. The monoisotopic (exact) mass is 590 g/mol. The maximum absolute atomic E-state index is 12.2. The second kappa shape index (κ2) is 8.70. The van der Waals surface area contributed by atoms with Crippen LogP contribution in [0.4, 0.5) is 0 Å². The van der Waals surface area contributed by atoms with Gasteiger partial charge in [-0.3, -0.25) is 4.79 Å². The maximum Gasteiger partial charge on any atom is 0.169 e. The molecule has 7 aromatic rings. The number of rotatable bonds is 4. The van der Waals surface area contributed by atoms with Crippen LogP contribution in [0.1, 0.15) is 36.1 Å². The van der Waals surface area contributed by atoms with E-state index >= 15 is 0 Å². The Morgan fingerprint density at radius 3 is 1.78 bits per heavy atom. The molecule has 37 heavy (non-hydrogen) atoms. The molecule has 0 saturated heterocycles. The number of thiophene rings is 6. The van der Waals surface area contributed by atoms with E-state index in [1.54, 1.807) is 18.3 Å². The smallest absolute Gasteiger partial charge is 0.169 e. The van der Waals surface area contributed by atoms with Crippen LogP contribution in [0.2, 0.25) is 0 Å². The van der Waals surface area contributed by atoms with Gasteiger partial charge >= 0.3 is 0 Å². The Morgan fingerprint density at radius 1 is 0.568 bits per heavy atom. The van der Waals surface area contributed by atoms with Crippen molar-refractivity contribution in [2.75, 3.05) is 0 Å². The number of ketones is 1. The summed E-state index contributed by atoms with van der Waals surface area (Å²) in [7, 11) is 0. The largest absolute Gasteiger partial charge is 0.294 e. The SMILES string of the molecule is CC(=O)c1cc2c(-c3cc4c(-c5ccc(C)s5)c5sc(C)cc5c(-c5ccc(C)s5)c4s3)sc(C)c2s1. The normalized spacial score (nSPS) is 12.0. The Bertz CT molecular complexity index is 1920. The van der Waals surface area contributed by atoms with Crippen LogP contribution >= 0.6 is 68.0 Å². The summed E-state index contributed by atoms with van der Waals surface area (Å²) in [5.41, 5.74) is 2.75. The van der Waals surface area contributed by atoms with Crippen LogP contribution in [0.15, 0.2) is 42.5 Å². The lowest BCUT2D eigenvalue weighted by molar-refractivity contribution is 0.102. The van der Waals surface area contributed by atoms with Gasteiger partial charge in [0.15, 0.2) is 5.78 Å². The molecule has 6 aromatic heterocycles. The van der Waals surface area contributed by atoms with E-state index in [-0.39, 0.29) is 5.78 Å². The third-order valence-corrected chi connectivity index (χ3v) is 13.7. The maximum atomic E-state index is 12.2. The summed E-state index contributed by atoms with van der Waals surface area (Å²) in [5.74, 6) is 0.147. The standard InChI is InChI=1S/C30H22OS6/c1-13-6-8-21(32-13)25-18-10-15(3)34-29(18)26(22-9-7-14(2)33-22)19-11-24(37-30(19)25)28-20-12-23(16(4)31)36-27(20)17(5)35-28/h6-12H,1-5H3. The lowest BCUT2D eigenvalue weighted by atomic mass is 9.99. The Hall–Kier alpha value is -2.13. The van der Waals surface area contributed by atoms with Gasteiger partial charge < -0.3 is 0 Å². The van der Waals surface area contributed by atoms with Gasteiger partial charge in [-0.25, -0.2) is 0 Å². The summed E-state index contributed by atoms with van der Waals surface area (Å²) in [6.07, 6.45) is 0. The highest BCUT2D eigenvalue weighted by molar-refractivity contribution is 7.31. The van der Waals surface area contributed by atoms with E-state index in [9.17, 15) is 4.79 Å². The number of Topliss-reactive ketones (excluding diaryl/α,β-unsaturated/α-hetero) is 1. The third kappa shape index (κ3) is 3.74. The van der Waals surface area contributed by atoms with Gasteiger partial charge in [-0.2, -0.15) is 0 Å². The molecule has 1 nitrogen and oxygen atoms in total. The van der Waals surface area contributed by atoms with Gasteiger partial charge in [0.1, 0.15) is 0 Å². The van der Waals surface area contributed by atoms with Crippen molar-refractivity contribution < 1.29 is 4.79 Å². The Kier molecular flexibility index (Phi) is 5.63. The van der Waals surface area contributed by atoms with E-state index in [2.05, 4.69) is 70.2 Å². The number of hydrogen-bond donors (Lipinski definition) is 0. The Morgan fingerprint density at radius 2 is 1.19 bits per heavy atom. The van der Waals surface area contributed by atoms with Crippen molar-refractivity contribution in [2.24, 2.45) is 0 Å². The van der Waals surface area contributed by atoms with Crippen molar-refractivity contribution in [3.8, 4) is 30.6 Å². The average Bonchev–Trinajstić information content (AvgIpc) is 3.65. The summed E-state index contributed by atoms with van der Waals surface area (Å²) in [6, 6.07) is 16.0. The van der Waals surface area contributed by atoms with Gasteiger partial charge in [0.2, 0.25) is 0 Å². The molecule has 0 aliphatic heterocycles. The molecule has 1 aromatic carbocycles. The fraction of sp³-hybridized carbons (Fsp3) is 0.167. The van der Waals surface area contributed by atoms with Crippen molar-refractivity contribution in [1.82, 2.24) is 0 Å². The molecule has 0 radical (unpaired) electrons. The van der Waals surface area contributed by atoms with Crippen molar-refractivity contribution in [3.05, 3.63) is 66.9 Å². The zero-order chi connectivity index (χ0) is 25.6. The quantitative estimate of drug-likeness (QED) is 0.186. The lowest BCUT2D eigenvalue weighted by Gasteiger charge is -2.09. The molecular weight excluding hydrogens is 569 g/mol. The van der Waals surface area contributed by atoms with E-state index in [4.69, 9.17) is 0 Å². The predicted molar refractivity (Wildman–Crippen MR) is 171 cm³/mol. The minimum absolute atomic E-state index is 0.147. The summed E-state index contributed by atoms with van der Waals surface area (Å²) in [4.78, 5) is 23.6. The summed E-state index contributed by atoms with van der Waals surface area (Å²) in [6.45, 7) is 10.5. The van der Waals surface area contributed by atoms with E-state index < -0.39 is 0 Å². The van der Waals surface area contributed by atoms with Crippen molar-refractivity contribution in [1.29, 1.82) is 0 Å². The first-order valence-electron chi connectivity index (χ1n) is 12.0. The van der Waals surface area contributed by atoms with Crippen LogP contribution in [-0.2, 0) is 0 Å². The molecule has 7 heteroatoms. The molecule has 0 amide bonds. The number of hydrogen-bond acceptors (Lipinski definition) is 7. The Labute approximate surface area is 239 Å². The molecular formula is C30H22OS6. The first kappa shape index (κ1) is 23.9. The number of aryl methyl sites for hydroxylation is 4. The average molecular weight is 591 g/mol. The minimum atomic E-state index is 0.147. The van der Waals surface area contributed by atoms with Crippen LogP contribution < -0.4 is 0 Å². The molecule has 0 fully saturated rings. The third-order valence-electron chi connectivity index (χ3n) is 6.68. The molecule has 0 unspecified atom stereocenters. The molecule has 6 heterocycles. The molecule has 7 rings (SSSR count). The van der Waals surface area contributed by atoms with Gasteiger partial charge in [-0.05, 0) is 77.1 Å². The first-order valence-corrected chi connectivity index (χ1v) is 16.9. The first-order chi connectivity index (χ1) is 17.8. The van der Waals surface area contributed by atoms with Crippen molar-refractivity contribution in [2.45, 2.75) is 34.6 Å². The van der Waals surface area contributed by atoms with Crippen molar-refractivity contribution >= 4 is 104 Å². The van der Waals surface area contributed by atoms with Gasteiger partial charge in [0.25, 0.3) is 0 Å². The topological polar surface area (TPSA) is 17.1 Å². The summed E-state index contributed by atoms with van der Waals surface area (Å²) in [5, 5.41) is 3.94. The van der Waals surface area contributed by atoms with Crippen LogP contribution in [-0.4, -0.2) is 5.78 Å². The molecule has 184 valence electrons. The highest BCUT2D eigenvalue weighted by Crippen LogP contribution is 2.54. The highest BCUT2D eigenvalue weighted by atomic mass is 32.1. The molecule has 0 bridgehead atoms. The van der Waals surface area contributed by atoms with Crippen LogP contribution in [0.5, 0.6) is 0 Å². The number of fused-ring (bicyclic) bond motifs is 3. The van der Waals surface area contributed by atoms with E-state index in [1.165, 1.54) is 80.4 Å². The molecule has 0 saturated carbocycles. The van der Waals surface area contributed by atoms with Crippen LogP contribution in [0.25, 0.3) is 60.9 Å². The molecule has 0 aliphatic carbocycles. The van der Waals surface area contributed by atoms with E-state index in [1.807, 2.05) is 56.7 Å². The zero-order valence-corrected chi connectivity index (χ0v) is 25.8. The predicted octanol–water partition coefficient (Wildman–Crippen LogP) is 12.0. The summed E-state index contributed by atoms with van der Waals surface area (Å²) >= 11 is 11.1. The van der Waals surface area contributed by atoms with Gasteiger partial charge in [0, 0.05) is 75.5 Å². The molecule has 0 spiro atoms. The lowest BCUT2D eigenvalue weighted by Crippen LogP contribution is -1.83. The second-order valence-corrected chi connectivity index (χ2v) is 16.6. The van der Waals surface area contributed by atoms with Crippen molar-refractivity contribution in [3.63, 3.8) is 0 Å². The van der Waals surface area contributed by atoms with Gasteiger partial charge in [-0.1, -0.05) is 0 Å². The van der Waals surface area contributed by atoms with Crippen LogP contribution in [0, 0.1) is 27.7 Å². The molecule has 0 N–H and O–H groups in total. The van der Waals surface area contributed by atoms with Crippen LogP contribution in [0.3, 0.4) is 0 Å². The minimum Gasteiger partial charge on any atom is -0.294 e. The molecule has 0 atom stereocenters. The highest BCUT2D eigenvalue weighted by Gasteiger charge is 2.24. The fourth-order valence-electron chi connectivity index (χ4n) is 5.06. The zero-order valence-electron chi connectivity index (χ0n) is 20.9. The number of benzene rings is 1. The van der Waals surface area contributed by atoms with E-state index in [0.29, 0.717) is 0 Å².